The topological polar surface area (TPSA) is 76.2 Å². The number of aromatic nitrogens is 2. The summed E-state index contributed by atoms with van der Waals surface area (Å²) in [5.41, 5.74) is 2.55. The van der Waals surface area contributed by atoms with Gasteiger partial charge in [0.05, 0.1) is 19.9 Å². The summed E-state index contributed by atoms with van der Waals surface area (Å²) >= 11 is 0. The summed E-state index contributed by atoms with van der Waals surface area (Å²) in [6.07, 6.45) is 2.04. The zero-order valence-electron chi connectivity index (χ0n) is 11.3. The van der Waals surface area contributed by atoms with Gasteiger partial charge in [0.2, 0.25) is 5.91 Å². The summed E-state index contributed by atoms with van der Waals surface area (Å²) in [7, 11) is 3.19. The third-order valence-electron chi connectivity index (χ3n) is 3.48. The number of nitrogens with one attached hydrogen (secondary N) is 2. The molecule has 1 amide bonds. The van der Waals surface area contributed by atoms with Crippen LogP contribution in [0.3, 0.4) is 0 Å². The molecule has 1 aromatic heterocycles. The normalized spacial score (nSPS) is 17.3. The first kappa shape index (κ1) is 12.5. The van der Waals surface area contributed by atoms with E-state index in [1.165, 1.54) is 0 Å². The van der Waals surface area contributed by atoms with E-state index < -0.39 is 0 Å². The number of fused-ring (bicyclic) bond motifs is 1. The van der Waals surface area contributed by atoms with E-state index in [-0.39, 0.29) is 11.8 Å². The maximum atomic E-state index is 11.9. The van der Waals surface area contributed by atoms with Gasteiger partial charge in [0.25, 0.3) is 0 Å². The summed E-state index contributed by atoms with van der Waals surface area (Å²) in [5, 5.41) is 9.76. The number of hydrogen-bond donors (Lipinski definition) is 2. The van der Waals surface area contributed by atoms with Crippen LogP contribution in [0.4, 0.5) is 5.69 Å². The molecule has 0 spiro atoms. The molecule has 20 heavy (non-hydrogen) atoms. The molecule has 1 aliphatic rings. The fraction of sp³-hybridized carbons (Fsp3) is 0.286. The van der Waals surface area contributed by atoms with Crippen LogP contribution in [0.25, 0.3) is 0 Å². The molecule has 0 saturated heterocycles. The van der Waals surface area contributed by atoms with Gasteiger partial charge in [-0.3, -0.25) is 9.89 Å². The number of amides is 1. The van der Waals surface area contributed by atoms with Crippen molar-refractivity contribution in [2.45, 2.75) is 12.3 Å². The number of aromatic amines is 1. The van der Waals surface area contributed by atoms with Crippen LogP contribution >= 0.6 is 0 Å². The van der Waals surface area contributed by atoms with Crippen molar-refractivity contribution in [2.75, 3.05) is 19.5 Å². The van der Waals surface area contributed by atoms with E-state index in [4.69, 9.17) is 9.47 Å². The van der Waals surface area contributed by atoms with Crippen molar-refractivity contribution < 1.29 is 14.3 Å². The van der Waals surface area contributed by atoms with Crippen molar-refractivity contribution in [3.63, 3.8) is 0 Å². The predicted molar refractivity (Wildman–Crippen MR) is 73.2 cm³/mol. The van der Waals surface area contributed by atoms with E-state index >= 15 is 0 Å². The van der Waals surface area contributed by atoms with Crippen LogP contribution in [0.15, 0.2) is 24.4 Å². The second kappa shape index (κ2) is 4.88. The Hall–Kier alpha value is -2.50. The summed E-state index contributed by atoms with van der Waals surface area (Å²) in [6, 6.07) is 5.49. The van der Waals surface area contributed by atoms with E-state index in [1.807, 2.05) is 12.1 Å². The van der Waals surface area contributed by atoms with Crippen LogP contribution in [0.2, 0.25) is 0 Å². The minimum Gasteiger partial charge on any atom is -0.497 e. The Kier molecular flexibility index (Phi) is 3.06. The molecule has 2 N–H and O–H groups in total. The Morgan fingerprint density at radius 2 is 2.15 bits per heavy atom. The number of ether oxygens (including phenoxy) is 2. The lowest BCUT2D eigenvalue weighted by Gasteiger charge is -2.27. The molecule has 1 aliphatic heterocycles. The number of carbonyl (C=O) groups is 1. The van der Waals surface area contributed by atoms with Gasteiger partial charge < -0.3 is 14.8 Å². The maximum Gasteiger partial charge on any atom is 0.225 e. The number of hydrogen-bond acceptors (Lipinski definition) is 4. The van der Waals surface area contributed by atoms with Gasteiger partial charge in [0.15, 0.2) is 0 Å². The van der Waals surface area contributed by atoms with Gasteiger partial charge >= 0.3 is 0 Å². The number of methoxy groups -OCH3 is 2. The highest BCUT2D eigenvalue weighted by Crippen LogP contribution is 2.44. The first-order valence-electron chi connectivity index (χ1n) is 6.28. The molecule has 0 saturated carbocycles. The standard InChI is InChI=1S/C14H15N3O3/c1-19-8-5-11-14(12(6-8)20-2)9(7-13(18)16-11)10-3-4-15-17-10/h3-6,9H,7H2,1-2H3,(H,15,17)(H,16,18). The van der Waals surface area contributed by atoms with Crippen molar-refractivity contribution in [3.8, 4) is 11.5 Å². The lowest BCUT2D eigenvalue weighted by molar-refractivity contribution is -0.116. The van der Waals surface area contributed by atoms with E-state index in [2.05, 4.69) is 15.5 Å². The highest BCUT2D eigenvalue weighted by molar-refractivity contribution is 5.96. The fourth-order valence-electron chi connectivity index (χ4n) is 2.57. The molecular formula is C14H15N3O3. The molecule has 1 unspecified atom stereocenters. The summed E-state index contributed by atoms with van der Waals surface area (Å²) < 4.78 is 10.7. The van der Waals surface area contributed by atoms with Gasteiger partial charge in [-0.15, -0.1) is 0 Å². The van der Waals surface area contributed by atoms with Gasteiger partial charge in [0.1, 0.15) is 11.5 Å². The van der Waals surface area contributed by atoms with Crippen LogP contribution in [-0.4, -0.2) is 30.3 Å². The molecule has 3 rings (SSSR count). The van der Waals surface area contributed by atoms with Gasteiger partial charge in [-0.2, -0.15) is 5.10 Å². The second-order valence-electron chi connectivity index (χ2n) is 4.61. The van der Waals surface area contributed by atoms with Gasteiger partial charge in [-0.1, -0.05) is 0 Å². The average Bonchev–Trinajstić information content (AvgIpc) is 2.98. The third-order valence-corrected chi connectivity index (χ3v) is 3.48. The van der Waals surface area contributed by atoms with E-state index in [0.717, 1.165) is 16.9 Å². The molecule has 1 atom stereocenters. The maximum absolute atomic E-state index is 11.9. The zero-order valence-corrected chi connectivity index (χ0v) is 11.3. The smallest absolute Gasteiger partial charge is 0.225 e. The number of H-pyrrole nitrogens is 1. The fourth-order valence-corrected chi connectivity index (χ4v) is 2.57. The van der Waals surface area contributed by atoms with Crippen molar-refractivity contribution >= 4 is 11.6 Å². The van der Waals surface area contributed by atoms with Crippen molar-refractivity contribution in [1.29, 1.82) is 0 Å². The van der Waals surface area contributed by atoms with Gasteiger partial charge in [-0.25, -0.2) is 0 Å². The molecule has 104 valence electrons. The minimum absolute atomic E-state index is 0.0348. The van der Waals surface area contributed by atoms with Crippen molar-refractivity contribution in [3.05, 3.63) is 35.7 Å². The minimum atomic E-state index is -0.0953. The highest BCUT2D eigenvalue weighted by Gasteiger charge is 2.31. The van der Waals surface area contributed by atoms with E-state index in [1.54, 1.807) is 26.5 Å². The molecular weight excluding hydrogens is 258 g/mol. The lowest BCUT2D eigenvalue weighted by atomic mass is 9.87. The molecule has 0 radical (unpaired) electrons. The molecule has 6 nitrogen and oxygen atoms in total. The average molecular weight is 273 g/mol. The monoisotopic (exact) mass is 273 g/mol. The van der Waals surface area contributed by atoms with Crippen LogP contribution in [-0.2, 0) is 4.79 Å². The number of anilines is 1. The highest BCUT2D eigenvalue weighted by atomic mass is 16.5. The molecule has 2 heterocycles. The number of nitrogens with zero attached hydrogens (tertiary/aromatic N) is 1. The molecule has 0 aliphatic carbocycles. The first-order chi connectivity index (χ1) is 9.72. The molecule has 2 aromatic rings. The quantitative estimate of drug-likeness (QED) is 0.895. The van der Waals surface area contributed by atoms with Crippen LogP contribution in [0, 0.1) is 0 Å². The Balaban J connectivity index is 2.17. The van der Waals surface area contributed by atoms with E-state index in [0.29, 0.717) is 17.9 Å². The Labute approximate surface area is 116 Å². The molecule has 1 aromatic carbocycles. The van der Waals surface area contributed by atoms with Crippen molar-refractivity contribution in [1.82, 2.24) is 10.2 Å². The van der Waals surface area contributed by atoms with Crippen LogP contribution < -0.4 is 14.8 Å². The Morgan fingerprint density at radius 3 is 2.80 bits per heavy atom. The van der Waals surface area contributed by atoms with Crippen LogP contribution in [0.1, 0.15) is 23.6 Å². The predicted octanol–water partition coefficient (Wildman–Crippen LogP) is 1.90. The number of rotatable bonds is 3. The number of carbonyl (C=O) groups excluding carboxylic acids is 1. The largest absolute Gasteiger partial charge is 0.497 e. The van der Waals surface area contributed by atoms with E-state index in [9.17, 15) is 4.79 Å². The summed E-state index contributed by atoms with van der Waals surface area (Å²) in [5.74, 6) is 1.21. The number of benzene rings is 1. The molecule has 0 fully saturated rings. The second-order valence-corrected chi connectivity index (χ2v) is 4.61. The Morgan fingerprint density at radius 1 is 1.30 bits per heavy atom. The van der Waals surface area contributed by atoms with Crippen LogP contribution in [0.5, 0.6) is 11.5 Å². The molecule has 0 bridgehead atoms. The van der Waals surface area contributed by atoms with Gasteiger partial charge in [-0.05, 0) is 6.07 Å². The zero-order chi connectivity index (χ0) is 14.1. The van der Waals surface area contributed by atoms with Gasteiger partial charge in [0, 0.05) is 41.9 Å². The summed E-state index contributed by atoms with van der Waals surface area (Å²) in [6.45, 7) is 0. The summed E-state index contributed by atoms with van der Waals surface area (Å²) in [4.78, 5) is 11.9. The van der Waals surface area contributed by atoms with Crippen molar-refractivity contribution in [2.24, 2.45) is 0 Å². The Bertz CT molecular complexity index is 637. The first-order valence-corrected chi connectivity index (χ1v) is 6.28. The lowest BCUT2D eigenvalue weighted by Crippen LogP contribution is -2.24. The molecule has 6 heteroatoms. The third kappa shape index (κ3) is 1.99. The SMILES string of the molecule is COc1cc2c(c(OC)c1)C(c1ccn[nH]1)CC(=O)N2.